The molecule has 5 nitrogen and oxygen atoms in total. The molecule has 4 N–H and O–H groups in total. The van der Waals surface area contributed by atoms with Crippen LogP contribution < -0.4 is 0 Å². The summed E-state index contributed by atoms with van der Waals surface area (Å²) < 4.78 is 0. The van der Waals surface area contributed by atoms with Gasteiger partial charge in [0, 0.05) is 10.8 Å². The summed E-state index contributed by atoms with van der Waals surface area (Å²) in [6.07, 6.45) is 9.09. The van der Waals surface area contributed by atoms with Gasteiger partial charge >= 0.3 is 5.97 Å². The average molecular weight is 489 g/mol. The van der Waals surface area contributed by atoms with E-state index in [0.717, 1.165) is 44.9 Å². The smallest absolute Gasteiger partial charge is 0.309 e. The fourth-order valence-electron chi connectivity index (χ4n) is 10.7. The lowest BCUT2D eigenvalue weighted by Gasteiger charge is -2.71. The number of aliphatic hydroxyl groups is 3. The van der Waals surface area contributed by atoms with Crippen LogP contribution in [-0.2, 0) is 4.79 Å². The minimum atomic E-state index is -0.896. The molecule has 0 radical (unpaired) electrons. The molecule has 5 heteroatoms. The molecule has 4 saturated carbocycles. The second-order valence-electron chi connectivity index (χ2n) is 14.9. The first-order chi connectivity index (χ1) is 16.1. The normalized spacial score (nSPS) is 57.7. The van der Waals surface area contributed by atoms with Crippen LogP contribution in [0.2, 0.25) is 0 Å². The Morgan fingerprint density at radius 1 is 0.886 bits per heavy atom. The molecule has 0 heterocycles. The molecule has 5 aliphatic carbocycles. The molecule has 0 saturated heterocycles. The maximum atomic E-state index is 12.3. The Balaban J connectivity index is 1.58. The maximum absolute atomic E-state index is 12.3. The number of rotatable bonds is 2. The van der Waals surface area contributed by atoms with Gasteiger partial charge in [0.2, 0.25) is 0 Å². The van der Waals surface area contributed by atoms with Crippen LogP contribution >= 0.6 is 0 Å². The average Bonchev–Trinajstić information content (AvgIpc) is 2.79. The van der Waals surface area contributed by atoms with Gasteiger partial charge in [0.15, 0.2) is 0 Å². The second-order valence-corrected chi connectivity index (χ2v) is 14.9. The highest BCUT2D eigenvalue weighted by molar-refractivity contribution is 5.74. The zero-order valence-electron chi connectivity index (χ0n) is 22.7. The van der Waals surface area contributed by atoms with Crippen LogP contribution in [0.1, 0.15) is 99.3 Å². The van der Waals surface area contributed by atoms with Crippen LogP contribution in [0, 0.1) is 50.2 Å². The number of carboxylic acid groups (broad SMARTS) is 1. The van der Waals surface area contributed by atoms with Crippen LogP contribution in [0.3, 0.4) is 0 Å². The third-order valence-electron chi connectivity index (χ3n) is 13.6. The number of allylic oxidation sites excluding steroid dienone is 2. The highest BCUT2D eigenvalue weighted by Crippen LogP contribution is 2.75. The molecular formula is C30H48O5. The molecule has 0 aromatic rings. The molecule has 0 amide bonds. The number of carbonyl (C=O) groups is 1. The zero-order valence-corrected chi connectivity index (χ0v) is 22.7. The van der Waals surface area contributed by atoms with Gasteiger partial charge < -0.3 is 20.4 Å². The highest BCUT2D eigenvalue weighted by Gasteiger charge is 2.69. The fourth-order valence-corrected chi connectivity index (χ4v) is 10.7. The van der Waals surface area contributed by atoms with Crippen molar-refractivity contribution < 1.29 is 25.2 Å². The van der Waals surface area contributed by atoms with E-state index in [1.165, 1.54) is 5.57 Å². The van der Waals surface area contributed by atoms with Gasteiger partial charge in [-0.25, -0.2) is 0 Å². The van der Waals surface area contributed by atoms with Crippen LogP contribution in [0.5, 0.6) is 0 Å². The van der Waals surface area contributed by atoms with Gasteiger partial charge in [-0.3, -0.25) is 4.79 Å². The van der Waals surface area contributed by atoms with E-state index in [-0.39, 0.29) is 34.2 Å². The number of aliphatic hydroxyl groups excluding tert-OH is 3. The van der Waals surface area contributed by atoms with Gasteiger partial charge in [0.25, 0.3) is 0 Å². The SMILES string of the molecule is CC1(C(=O)O)C[C@@H](O)[C@]2(C)CC[C@]3(C)C(=CC[C@@H]4[C@@]5(C)CC[C@H](O)C(C)(CO)C5CC[C@]43C)[C@H]2C1. The highest BCUT2D eigenvalue weighted by atomic mass is 16.4. The van der Waals surface area contributed by atoms with Crippen molar-refractivity contribution in [1.82, 2.24) is 0 Å². The third-order valence-corrected chi connectivity index (χ3v) is 13.6. The molecule has 0 bridgehead atoms. The van der Waals surface area contributed by atoms with E-state index in [2.05, 4.69) is 40.7 Å². The monoisotopic (exact) mass is 488 g/mol. The lowest BCUT2D eigenvalue weighted by molar-refractivity contribution is -0.219. The van der Waals surface area contributed by atoms with E-state index in [1.54, 1.807) is 0 Å². The molecule has 0 aromatic carbocycles. The number of carboxylic acids is 1. The number of aliphatic carboxylic acids is 1. The summed E-state index contributed by atoms with van der Waals surface area (Å²) in [6.45, 7) is 13.5. The van der Waals surface area contributed by atoms with Gasteiger partial charge in [0.05, 0.1) is 24.2 Å². The van der Waals surface area contributed by atoms with Crippen LogP contribution in [-0.4, -0.2) is 45.2 Å². The molecule has 0 spiro atoms. The molecule has 5 aliphatic rings. The largest absolute Gasteiger partial charge is 0.481 e. The van der Waals surface area contributed by atoms with Crippen molar-refractivity contribution in [3.63, 3.8) is 0 Å². The molecule has 35 heavy (non-hydrogen) atoms. The molecular weight excluding hydrogens is 440 g/mol. The number of hydrogen-bond acceptors (Lipinski definition) is 4. The van der Waals surface area contributed by atoms with Crippen molar-refractivity contribution in [3.05, 3.63) is 11.6 Å². The summed E-state index contributed by atoms with van der Waals surface area (Å²) in [4.78, 5) is 12.3. The first-order valence-corrected chi connectivity index (χ1v) is 14.0. The van der Waals surface area contributed by atoms with Gasteiger partial charge in [-0.05, 0) is 98.7 Å². The van der Waals surface area contributed by atoms with Gasteiger partial charge in [-0.2, -0.15) is 0 Å². The Kier molecular flexibility index (Phi) is 5.56. The standard InChI is InChI=1S/C30H48O5/c1-25(24(34)35)15-19-18-7-8-21-27(3)11-10-22(32)28(4,17-31)20(27)9-12-30(21,6)29(18,5)14-13-26(19,2)23(33)16-25/h7,19-23,31-33H,8-17H2,1-6H3,(H,34,35)/t19-,20?,21-,22+,23-,25?,26-,27+,28?,29-,30-/m1/s1. The Hall–Kier alpha value is -0.910. The van der Waals surface area contributed by atoms with E-state index < -0.39 is 29.0 Å². The van der Waals surface area contributed by atoms with Crippen LogP contribution in [0.4, 0.5) is 0 Å². The van der Waals surface area contributed by atoms with Crippen molar-refractivity contribution >= 4 is 5.97 Å². The summed E-state index contributed by atoms with van der Waals surface area (Å²) in [5.74, 6) is 0.0550. The van der Waals surface area contributed by atoms with Crippen molar-refractivity contribution in [2.24, 2.45) is 50.2 Å². The lowest BCUT2D eigenvalue weighted by Crippen LogP contribution is -2.66. The molecule has 0 aromatic heterocycles. The molecule has 0 aliphatic heterocycles. The van der Waals surface area contributed by atoms with E-state index in [9.17, 15) is 25.2 Å². The minimum absolute atomic E-state index is 0.0301. The van der Waals surface area contributed by atoms with Crippen LogP contribution in [0.25, 0.3) is 0 Å². The predicted molar refractivity (Wildman–Crippen MR) is 135 cm³/mol. The summed E-state index contributed by atoms with van der Waals surface area (Å²) in [6, 6.07) is 0. The van der Waals surface area contributed by atoms with Crippen molar-refractivity contribution in [2.75, 3.05) is 6.61 Å². The van der Waals surface area contributed by atoms with Crippen molar-refractivity contribution in [3.8, 4) is 0 Å². The van der Waals surface area contributed by atoms with E-state index >= 15 is 0 Å². The number of hydrogen-bond donors (Lipinski definition) is 4. The molecule has 3 unspecified atom stereocenters. The predicted octanol–water partition coefficient (Wildman–Crippen LogP) is 5.18. The Labute approximate surface area is 211 Å². The molecule has 11 atom stereocenters. The molecule has 4 fully saturated rings. The second kappa shape index (κ2) is 7.57. The van der Waals surface area contributed by atoms with Crippen molar-refractivity contribution in [1.29, 1.82) is 0 Å². The lowest BCUT2D eigenvalue weighted by atomic mass is 9.33. The summed E-state index contributed by atoms with van der Waals surface area (Å²) in [5.41, 5.74) is -0.112. The Morgan fingerprint density at radius 2 is 1.57 bits per heavy atom. The first kappa shape index (κ1) is 25.7. The van der Waals surface area contributed by atoms with Gasteiger partial charge in [0.1, 0.15) is 0 Å². The van der Waals surface area contributed by atoms with Gasteiger partial charge in [-0.1, -0.05) is 46.3 Å². The Bertz CT molecular complexity index is 945. The number of fused-ring (bicyclic) bond motifs is 7. The summed E-state index contributed by atoms with van der Waals surface area (Å²) >= 11 is 0. The minimum Gasteiger partial charge on any atom is -0.481 e. The zero-order chi connectivity index (χ0) is 25.8. The van der Waals surface area contributed by atoms with Crippen LogP contribution in [0.15, 0.2) is 11.6 Å². The maximum Gasteiger partial charge on any atom is 0.309 e. The summed E-state index contributed by atoms with van der Waals surface area (Å²) in [7, 11) is 0. The summed E-state index contributed by atoms with van der Waals surface area (Å²) in [5, 5.41) is 42.7. The first-order valence-electron chi connectivity index (χ1n) is 14.0. The quantitative estimate of drug-likeness (QED) is 0.402. The van der Waals surface area contributed by atoms with E-state index in [1.807, 2.05) is 6.92 Å². The third kappa shape index (κ3) is 3.01. The van der Waals surface area contributed by atoms with E-state index in [0.29, 0.717) is 24.7 Å². The van der Waals surface area contributed by atoms with Crippen molar-refractivity contribution in [2.45, 2.75) is 112 Å². The fraction of sp³-hybridized carbons (Fsp3) is 0.900. The van der Waals surface area contributed by atoms with E-state index in [4.69, 9.17) is 0 Å². The Morgan fingerprint density at radius 3 is 2.20 bits per heavy atom. The molecule has 198 valence electrons. The van der Waals surface area contributed by atoms with Gasteiger partial charge in [-0.15, -0.1) is 0 Å². The molecule has 5 rings (SSSR count). The topological polar surface area (TPSA) is 98.0 Å².